The fourth-order valence-corrected chi connectivity index (χ4v) is 12.8. The monoisotopic (exact) mass is 1260 g/mol. The maximum absolute atomic E-state index is 13.9. The van der Waals surface area contributed by atoms with E-state index in [1.54, 1.807) is 13.1 Å². The summed E-state index contributed by atoms with van der Waals surface area (Å²) in [5, 5.41) is 24.7. The first kappa shape index (κ1) is 71.0. The van der Waals surface area contributed by atoms with E-state index in [-0.39, 0.29) is 93.8 Å². The number of esters is 1. The van der Waals surface area contributed by atoms with Crippen molar-refractivity contribution in [3.05, 3.63) is 77.4 Å². The standard InChI is InChI=1S/C63H94F5N9O12/c1-45(69)77(53-38-51-8-9-52(39-53)76(51)20-12-56(46-6-3-2-4-7-46)73-61(80)47-10-16-63(67,68)17-11-47)60(70)48-40-62(41-48)15-5-19-75(44-62)57(78)13-21-81-24-27-84-32-33-87-34-35-88-43-50(74-71)42-72-18-23-83-26-29-86-31-30-85-28-25-82-22-14-58(79)89-59-54(65)36-49(64)37-55(59)66/h2-4,6-7,36-37,42,47-48,51-53,56,69-70,72,74H,5,8-35,38-41,43-44,71H2,1H3,(H,73,80)/b50-42-,69-45?,70-60?/t48?,51?,52?,53?,56-,62?/m0/s1. The number of nitrogens with one attached hydrogen (secondary N) is 5. The van der Waals surface area contributed by atoms with Gasteiger partial charge in [-0.2, -0.15) is 0 Å². The minimum atomic E-state index is -2.69. The summed E-state index contributed by atoms with van der Waals surface area (Å²) < 4.78 is 117. The van der Waals surface area contributed by atoms with Crippen LogP contribution < -0.4 is 26.6 Å². The van der Waals surface area contributed by atoms with Crippen molar-refractivity contribution in [3.8, 4) is 5.75 Å². The van der Waals surface area contributed by atoms with Crippen LogP contribution in [0.15, 0.2) is 54.4 Å². The van der Waals surface area contributed by atoms with Crippen LogP contribution in [-0.2, 0) is 52.3 Å². The van der Waals surface area contributed by atoms with Crippen molar-refractivity contribution in [3.63, 3.8) is 0 Å². The van der Waals surface area contributed by atoms with E-state index in [9.17, 15) is 41.7 Å². The molecule has 3 heterocycles. The molecule has 2 saturated carbocycles. The lowest BCUT2D eigenvalue weighted by Crippen LogP contribution is -2.58. The number of hydrogen-bond donors (Lipinski definition) is 6. The summed E-state index contributed by atoms with van der Waals surface area (Å²) in [5.74, 6) is -2.17. The van der Waals surface area contributed by atoms with E-state index in [1.807, 2.05) is 40.1 Å². The molecule has 3 saturated heterocycles. The first-order valence-corrected chi connectivity index (χ1v) is 31.6. The normalized spacial score (nSPS) is 21.1. The van der Waals surface area contributed by atoms with E-state index in [1.165, 1.54) is 0 Å². The predicted octanol–water partition coefficient (Wildman–Crippen LogP) is 7.18. The van der Waals surface area contributed by atoms with Crippen LogP contribution in [0.1, 0.15) is 115 Å². The van der Waals surface area contributed by atoms with Crippen LogP contribution >= 0.6 is 0 Å². The van der Waals surface area contributed by atoms with E-state index < -0.39 is 41.0 Å². The van der Waals surface area contributed by atoms with Crippen LogP contribution in [0, 0.1) is 45.5 Å². The van der Waals surface area contributed by atoms with Crippen LogP contribution in [-0.4, -0.2) is 200 Å². The van der Waals surface area contributed by atoms with E-state index in [4.69, 9.17) is 49.1 Å². The Kier molecular flexibility index (Phi) is 29.7. The zero-order chi connectivity index (χ0) is 63.4. The molecule has 5 fully saturated rings. The molecule has 2 aromatic rings. The molecule has 2 unspecified atom stereocenters. The number of amides is 2. The Morgan fingerprint density at radius 2 is 1.28 bits per heavy atom. The van der Waals surface area contributed by atoms with Gasteiger partial charge in [0.2, 0.25) is 23.5 Å². The fraction of sp³-hybridized carbons (Fsp3) is 0.698. The summed E-state index contributed by atoms with van der Waals surface area (Å²) in [6.45, 7) is 9.48. The van der Waals surface area contributed by atoms with Gasteiger partial charge >= 0.3 is 5.97 Å². The number of amidine groups is 2. The molecule has 21 nitrogen and oxygen atoms in total. The topological polar surface area (TPSA) is 254 Å². The van der Waals surface area contributed by atoms with Gasteiger partial charge in [-0.1, -0.05) is 30.3 Å². The number of halogens is 5. The Bertz CT molecular complexity index is 2510. The second kappa shape index (κ2) is 37.2. The summed E-state index contributed by atoms with van der Waals surface area (Å²) in [5.41, 5.74) is 4.24. The molecule has 7 rings (SSSR count). The molecule has 89 heavy (non-hydrogen) atoms. The van der Waals surface area contributed by atoms with Gasteiger partial charge < -0.3 is 68.5 Å². The van der Waals surface area contributed by atoms with Crippen molar-refractivity contribution >= 4 is 29.5 Å². The molecule has 498 valence electrons. The lowest BCUT2D eigenvalue weighted by atomic mass is 9.58. The third-order valence-electron chi connectivity index (χ3n) is 17.3. The molecule has 26 heteroatoms. The van der Waals surface area contributed by atoms with Gasteiger partial charge in [0.15, 0.2) is 11.6 Å². The van der Waals surface area contributed by atoms with Gasteiger partial charge in [0.1, 0.15) is 11.7 Å². The Morgan fingerprint density at radius 3 is 1.85 bits per heavy atom. The quantitative estimate of drug-likeness (QED) is 0.00565. The molecular weight excluding hydrogens is 1170 g/mol. The molecule has 7 N–H and O–H groups in total. The number of rotatable bonds is 40. The number of carbonyl (C=O) groups is 3. The first-order chi connectivity index (χ1) is 43.0. The average Bonchev–Trinajstić information content (AvgIpc) is 1.49. The molecule has 2 bridgehead atoms. The molecule has 0 radical (unpaired) electrons. The molecule has 3 atom stereocenters. The summed E-state index contributed by atoms with van der Waals surface area (Å²) in [6.07, 6.45) is 9.83. The van der Waals surface area contributed by atoms with Crippen LogP contribution in [0.3, 0.4) is 0 Å². The van der Waals surface area contributed by atoms with Crippen molar-refractivity contribution in [2.75, 3.05) is 132 Å². The minimum Gasteiger partial charge on any atom is -0.420 e. The van der Waals surface area contributed by atoms with Crippen molar-refractivity contribution < 1.29 is 79.0 Å². The number of carbonyl (C=O) groups excluding carboxylic acids is 3. The maximum atomic E-state index is 13.9. The first-order valence-electron chi connectivity index (χ1n) is 31.6. The fourth-order valence-electron chi connectivity index (χ4n) is 12.8. The molecule has 2 aliphatic carbocycles. The molecule has 0 aromatic heterocycles. The molecule has 2 aromatic carbocycles. The highest BCUT2D eigenvalue weighted by Gasteiger charge is 2.51. The smallest absolute Gasteiger partial charge is 0.313 e. The van der Waals surface area contributed by atoms with Gasteiger partial charge in [0.05, 0.1) is 136 Å². The number of alkyl halides is 2. The summed E-state index contributed by atoms with van der Waals surface area (Å²) >= 11 is 0. The molecule has 2 amide bonds. The molecular formula is C63H94F5N9O12. The zero-order valence-electron chi connectivity index (χ0n) is 51.5. The van der Waals surface area contributed by atoms with E-state index in [0.717, 1.165) is 70.0 Å². The minimum absolute atomic E-state index is 0.00932. The van der Waals surface area contributed by atoms with Crippen LogP contribution in [0.4, 0.5) is 22.0 Å². The van der Waals surface area contributed by atoms with Gasteiger partial charge in [-0.3, -0.25) is 35.9 Å². The number of nitrogens with zero attached hydrogens (tertiary/aromatic N) is 3. The van der Waals surface area contributed by atoms with Gasteiger partial charge in [0, 0.05) is 87.3 Å². The Balaban J connectivity index is 0.649. The molecule has 3 aliphatic heterocycles. The largest absolute Gasteiger partial charge is 0.420 e. The van der Waals surface area contributed by atoms with Crippen molar-refractivity contribution in [1.82, 2.24) is 30.8 Å². The number of hydrazine groups is 1. The highest BCUT2D eigenvalue weighted by molar-refractivity contribution is 5.99. The Hall–Kier alpha value is -5.42. The van der Waals surface area contributed by atoms with E-state index >= 15 is 0 Å². The number of ether oxygens (including phenoxy) is 9. The number of nitrogens with two attached hydrogens (primary N) is 1. The molecule has 5 aliphatic rings. The summed E-state index contributed by atoms with van der Waals surface area (Å²) in [4.78, 5) is 45.1. The number of hydrogen-bond acceptors (Lipinski definition) is 18. The third-order valence-corrected chi connectivity index (χ3v) is 17.3. The number of likely N-dealkylation sites (tertiary alicyclic amines) is 1. The lowest BCUT2D eigenvalue weighted by molar-refractivity contribution is -0.138. The van der Waals surface area contributed by atoms with E-state index in [2.05, 4.69) is 25.7 Å². The number of fused-ring (bicyclic) bond motifs is 2. The van der Waals surface area contributed by atoms with Crippen molar-refractivity contribution in [1.29, 1.82) is 10.8 Å². The van der Waals surface area contributed by atoms with Gasteiger partial charge in [-0.15, -0.1) is 0 Å². The molecule has 1 spiro atoms. The maximum Gasteiger partial charge on any atom is 0.313 e. The SMILES string of the molecule is CC(=N)N(C(=N)C1CC2(CCCN(C(=O)CCOCCOCCOCCOC/C(=C/NCCOCCOCCOCCOCCC(=O)Oc3c(F)cc(F)cc3F)NN)C2)C1)C1CC2CCC(C1)N2CC[C@H](NC(=O)C1CCC(F)(F)CC1)c1ccccc1. The number of piperidine rings is 2. The van der Waals surface area contributed by atoms with Gasteiger partial charge in [-0.25, -0.2) is 22.0 Å². The summed E-state index contributed by atoms with van der Waals surface area (Å²) in [6, 6.07) is 11.2. The van der Waals surface area contributed by atoms with E-state index in [0.29, 0.717) is 147 Å². The Labute approximate surface area is 519 Å². The Morgan fingerprint density at radius 1 is 0.730 bits per heavy atom. The zero-order valence-corrected chi connectivity index (χ0v) is 51.5. The summed E-state index contributed by atoms with van der Waals surface area (Å²) in [7, 11) is 0. The predicted molar refractivity (Wildman–Crippen MR) is 320 cm³/mol. The van der Waals surface area contributed by atoms with Crippen LogP contribution in [0.5, 0.6) is 5.75 Å². The second-order valence-corrected chi connectivity index (χ2v) is 23.8. The van der Waals surface area contributed by atoms with Crippen molar-refractivity contribution in [2.45, 2.75) is 133 Å². The van der Waals surface area contributed by atoms with Gasteiger partial charge in [-0.05, 0) is 88.5 Å². The average molecular weight is 1260 g/mol. The van der Waals surface area contributed by atoms with Crippen LogP contribution in [0.2, 0.25) is 0 Å². The number of benzene rings is 2. The van der Waals surface area contributed by atoms with Crippen LogP contribution in [0.25, 0.3) is 0 Å². The highest BCUT2D eigenvalue weighted by atomic mass is 19.3. The second-order valence-electron chi connectivity index (χ2n) is 23.8. The third kappa shape index (κ3) is 23.3. The highest BCUT2D eigenvalue weighted by Crippen LogP contribution is 2.52. The lowest BCUT2D eigenvalue weighted by Gasteiger charge is -2.55. The van der Waals surface area contributed by atoms with Crippen molar-refractivity contribution in [2.24, 2.45) is 23.1 Å². The van der Waals surface area contributed by atoms with Gasteiger partial charge in [0.25, 0.3) is 0 Å².